The van der Waals surface area contributed by atoms with Crippen molar-refractivity contribution in [2.45, 2.75) is 25.8 Å². The summed E-state index contributed by atoms with van der Waals surface area (Å²) in [4.78, 5) is 19.6. The second-order valence-corrected chi connectivity index (χ2v) is 10.1. The summed E-state index contributed by atoms with van der Waals surface area (Å²) in [6.45, 7) is 2.31. The third-order valence-corrected chi connectivity index (χ3v) is 7.75. The summed E-state index contributed by atoms with van der Waals surface area (Å²) < 4.78 is 8.02. The Kier molecular flexibility index (Phi) is 5.67. The topological polar surface area (TPSA) is 43.6 Å². The minimum atomic E-state index is -0.160. The van der Waals surface area contributed by atoms with E-state index in [0.29, 0.717) is 10.3 Å². The molecule has 6 rings (SSSR count). The SMILES string of the molecule is C#CCOc1ccc(C=c2sc3n(c2=O)C(c2ccc(C)cc2)C2=C(N=3)c3ccccc3CC2)cc1. The van der Waals surface area contributed by atoms with Crippen LogP contribution in [-0.2, 0) is 6.42 Å². The van der Waals surface area contributed by atoms with Crippen LogP contribution in [0.15, 0.2) is 88.2 Å². The van der Waals surface area contributed by atoms with Gasteiger partial charge in [0.1, 0.15) is 12.4 Å². The minimum Gasteiger partial charge on any atom is -0.481 e. The molecule has 1 aliphatic carbocycles. The largest absolute Gasteiger partial charge is 0.481 e. The summed E-state index contributed by atoms with van der Waals surface area (Å²) in [5.41, 5.74) is 7.95. The molecule has 0 amide bonds. The van der Waals surface area contributed by atoms with Crippen LogP contribution in [-0.4, -0.2) is 11.2 Å². The highest BCUT2D eigenvalue weighted by Gasteiger charge is 2.32. The lowest BCUT2D eigenvalue weighted by Gasteiger charge is -2.30. The highest BCUT2D eigenvalue weighted by Crippen LogP contribution is 2.41. The molecule has 4 aromatic rings. The van der Waals surface area contributed by atoms with Gasteiger partial charge in [-0.25, -0.2) is 4.99 Å². The van der Waals surface area contributed by atoms with E-state index in [9.17, 15) is 4.79 Å². The van der Waals surface area contributed by atoms with Gasteiger partial charge < -0.3 is 4.74 Å². The van der Waals surface area contributed by atoms with Gasteiger partial charge in [0.25, 0.3) is 5.56 Å². The summed E-state index contributed by atoms with van der Waals surface area (Å²) >= 11 is 1.44. The Hall–Kier alpha value is -4.14. The van der Waals surface area contributed by atoms with Crippen molar-refractivity contribution in [1.29, 1.82) is 0 Å². The standard InChI is InChI=1S/C31H24N2O2S/c1-3-18-35-24-15-10-21(11-16-24)19-27-30(34)33-29(23-12-8-20(2)9-13-23)26-17-14-22-6-4-5-7-25(22)28(26)32-31(33)36-27/h1,4-13,15-16,19,29H,14,17-18H2,2H3. The molecule has 0 fully saturated rings. The Bertz CT molecular complexity index is 1720. The van der Waals surface area contributed by atoms with Gasteiger partial charge in [-0.1, -0.05) is 83.5 Å². The van der Waals surface area contributed by atoms with Crippen LogP contribution in [0.1, 0.15) is 40.3 Å². The lowest BCUT2D eigenvalue weighted by atomic mass is 9.83. The first kappa shape index (κ1) is 22.3. The normalized spacial score (nSPS) is 16.4. The zero-order valence-electron chi connectivity index (χ0n) is 19.9. The molecule has 0 bridgehead atoms. The van der Waals surface area contributed by atoms with E-state index < -0.39 is 0 Å². The molecule has 0 spiro atoms. The van der Waals surface area contributed by atoms with Crippen LogP contribution in [0.2, 0.25) is 0 Å². The van der Waals surface area contributed by atoms with E-state index in [1.54, 1.807) is 0 Å². The number of benzene rings is 3. The van der Waals surface area contributed by atoms with Crippen molar-refractivity contribution in [3.05, 3.63) is 126 Å². The Morgan fingerprint density at radius 3 is 2.64 bits per heavy atom. The second-order valence-electron chi connectivity index (χ2n) is 9.09. The summed E-state index contributed by atoms with van der Waals surface area (Å²) in [6.07, 6.45) is 9.04. The number of hydrogen-bond donors (Lipinski definition) is 0. The fraction of sp³-hybridized carbons (Fsp3) is 0.161. The molecule has 0 saturated heterocycles. The van der Waals surface area contributed by atoms with Gasteiger partial charge in [0.05, 0.1) is 16.3 Å². The highest BCUT2D eigenvalue weighted by atomic mass is 32.1. The molecule has 0 N–H and O–H groups in total. The molecule has 3 aromatic carbocycles. The molecular weight excluding hydrogens is 464 g/mol. The van der Waals surface area contributed by atoms with Crippen LogP contribution < -0.4 is 19.6 Å². The van der Waals surface area contributed by atoms with E-state index in [1.807, 2.05) is 34.9 Å². The molecule has 2 aliphatic rings. The number of rotatable bonds is 4. The summed E-state index contributed by atoms with van der Waals surface area (Å²) in [5.74, 6) is 3.17. The van der Waals surface area contributed by atoms with Gasteiger partial charge in [0.2, 0.25) is 0 Å². The molecule has 176 valence electrons. The first-order chi connectivity index (χ1) is 17.6. The van der Waals surface area contributed by atoms with Crippen LogP contribution in [0, 0.1) is 19.3 Å². The smallest absolute Gasteiger partial charge is 0.271 e. The average molecular weight is 489 g/mol. The van der Waals surface area contributed by atoms with E-state index in [1.165, 1.54) is 33.6 Å². The molecular formula is C31H24N2O2S. The van der Waals surface area contributed by atoms with Gasteiger partial charge in [-0.15, -0.1) is 6.42 Å². The molecule has 1 aromatic heterocycles. The quantitative estimate of drug-likeness (QED) is 0.393. The maximum atomic E-state index is 13.8. The average Bonchev–Trinajstić information content (AvgIpc) is 3.22. The van der Waals surface area contributed by atoms with Crippen molar-refractivity contribution < 1.29 is 4.74 Å². The number of nitrogens with zero attached hydrogens (tertiary/aromatic N) is 2. The number of fused-ring (bicyclic) bond motifs is 3. The molecule has 0 radical (unpaired) electrons. The van der Waals surface area contributed by atoms with Gasteiger partial charge in [-0.2, -0.15) is 0 Å². The van der Waals surface area contributed by atoms with Gasteiger partial charge in [-0.3, -0.25) is 9.36 Å². The number of thiazole rings is 1. The maximum absolute atomic E-state index is 13.8. The van der Waals surface area contributed by atoms with Crippen molar-refractivity contribution in [2.24, 2.45) is 4.99 Å². The molecule has 36 heavy (non-hydrogen) atoms. The Morgan fingerprint density at radius 2 is 1.86 bits per heavy atom. The summed E-state index contributed by atoms with van der Waals surface area (Å²) in [6, 6.07) is 24.4. The number of terminal acetylenes is 1. The third kappa shape index (κ3) is 3.90. The van der Waals surface area contributed by atoms with Crippen molar-refractivity contribution in [3.63, 3.8) is 0 Å². The van der Waals surface area contributed by atoms with E-state index in [0.717, 1.165) is 34.5 Å². The fourth-order valence-electron chi connectivity index (χ4n) is 5.01. The lowest BCUT2D eigenvalue weighted by Crippen LogP contribution is -2.38. The van der Waals surface area contributed by atoms with E-state index in [2.05, 4.69) is 61.4 Å². The van der Waals surface area contributed by atoms with Crippen molar-refractivity contribution >= 4 is 23.1 Å². The Labute approximate surface area is 213 Å². The number of hydrogen-bond acceptors (Lipinski definition) is 4. The van der Waals surface area contributed by atoms with Crippen molar-refractivity contribution in [1.82, 2.24) is 4.57 Å². The van der Waals surface area contributed by atoms with Crippen molar-refractivity contribution in [3.8, 4) is 18.1 Å². The molecule has 1 aliphatic heterocycles. The fourth-order valence-corrected chi connectivity index (χ4v) is 6.01. The number of aromatic nitrogens is 1. The lowest BCUT2D eigenvalue weighted by molar-refractivity contribution is 0.370. The maximum Gasteiger partial charge on any atom is 0.271 e. The number of ether oxygens (including phenoxy) is 1. The number of aryl methyl sites for hydroxylation is 2. The van der Waals surface area contributed by atoms with Gasteiger partial charge in [0, 0.05) is 5.56 Å². The number of allylic oxidation sites excluding steroid dienone is 1. The monoisotopic (exact) mass is 488 g/mol. The van der Waals surface area contributed by atoms with Crippen LogP contribution in [0.3, 0.4) is 0 Å². The van der Waals surface area contributed by atoms with Crippen LogP contribution >= 0.6 is 11.3 Å². The van der Waals surface area contributed by atoms with Crippen molar-refractivity contribution in [2.75, 3.05) is 6.61 Å². The second kappa shape index (κ2) is 9.14. The van der Waals surface area contributed by atoms with Crippen LogP contribution in [0.4, 0.5) is 0 Å². The zero-order chi connectivity index (χ0) is 24.6. The summed E-state index contributed by atoms with van der Waals surface area (Å²) in [5, 5.41) is 0. The predicted molar refractivity (Wildman–Crippen MR) is 145 cm³/mol. The highest BCUT2D eigenvalue weighted by molar-refractivity contribution is 7.07. The molecule has 4 nitrogen and oxygen atoms in total. The van der Waals surface area contributed by atoms with Crippen LogP contribution in [0.25, 0.3) is 11.8 Å². The van der Waals surface area contributed by atoms with E-state index in [-0.39, 0.29) is 18.2 Å². The molecule has 1 atom stereocenters. The van der Waals surface area contributed by atoms with E-state index >= 15 is 0 Å². The molecule has 2 heterocycles. The van der Waals surface area contributed by atoms with Gasteiger partial charge in [0.15, 0.2) is 4.80 Å². The van der Waals surface area contributed by atoms with E-state index in [4.69, 9.17) is 16.2 Å². The minimum absolute atomic E-state index is 0.0117. The molecule has 1 unspecified atom stereocenters. The van der Waals surface area contributed by atoms with Crippen LogP contribution in [0.5, 0.6) is 5.75 Å². The first-order valence-corrected chi connectivity index (χ1v) is 12.8. The summed E-state index contributed by atoms with van der Waals surface area (Å²) in [7, 11) is 0. The zero-order valence-corrected chi connectivity index (χ0v) is 20.7. The Morgan fingerprint density at radius 1 is 1.08 bits per heavy atom. The van der Waals surface area contributed by atoms with Gasteiger partial charge in [-0.05, 0) is 60.2 Å². The predicted octanol–water partition coefficient (Wildman–Crippen LogP) is 4.64. The first-order valence-electron chi connectivity index (χ1n) is 12.0. The molecule has 0 saturated carbocycles. The third-order valence-electron chi connectivity index (χ3n) is 6.77. The molecule has 5 heteroatoms. The van der Waals surface area contributed by atoms with Gasteiger partial charge >= 0.3 is 0 Å². The Balaban J connectivity index is 1.52.